The molecule has 0 radical (unpaired) electrons. The molecule has 3 rings (SSSR count). The normalized spacial score (nSPS) is 15.0. The lowest BCUT2D eigenvalue weighted by Crippen LogP contribution is -2.38. The number of aromatic nitrogens is 1. The SMILES string of the molecule is COc1ccc(Cn2c(O)csc2=O)cc1C(=O)N(C)C1CCCCC1. The van der Waals surface area contributed by atoms with Crippen molar-refractivity contribution < 1.29 is 14.6 Å². The van der Waals surface area contributed by atoms with Crippen LogP contribution in [0, 0.1) is 0 Å². The van der Waals surface area contributed by atoms with Crippen molar-refractivity contribution in [2.45, 2.75) is 44.7 Å². The van der Waals surface area contributed by atoms with E-state index in [1.54, 1.807) is 25.3 Å². The number of nitrogens with zero attached hydrogens (tertiary/aromatic N) is 2. The van der Waals surface area contributed by atoms with E-state index >= 15 is 0 Å². The summed E-state index contributed by atoms with van der Waals surface area (Å²) in [4.78, 5) is 26.4. The highest BCUT2D eigenvalue weighted by atomic mass is 32.1. The van der Waals surface area contributed by atoms with E-state index in [1.165, 1.54) is 16.4 Å². The molecule has 26 heavy (non-hydrogen) atoms. The van der Waals surface area contributed by atoms with E-state index in [-0.39, 0.29) is 29.2 Å². The van der Waals surface area contributed by atoms with Crippen LogP contribution in [0.15, 0.2) is 28.4 Å². The van der Waals surface area contributed by atoms with Crippen molar-refractivity contribution in [1.29, 1.82) is 0 Å². The van der Waals surface area contributed by atoms with Gasteiger partial charge >= 0.3 is 4.87 Å². The highest BCUT2D eigenvalue weighted by molar-refractivity contribution is 7.07. The van der Waals surface area contributed by atoms with Crippen LogP contribution in [0.25, 0.3) is 0 Å². The van der Waals surface area contributed by atoms with Crippen LogP contribution in [0.1, 0.15) is 48.0 Å². The van der Waals surface area contributed by atoms with Gasteiger partial charge in [-0.2, -0.15) is 0 Å². The molecule has 1 fully saturated rings. The molecule has 1 heterocycles. The van der Waals surface area contributed by atoms with E-state index in [0.29, 0.717) is 11.3 Å². The van der Waals surface area contributed by atoms with E-state index in [2.05, 4.69) is 0 Å². The fraction of sp³-hybridized carbons (Fsp3) is 0.474. The average molecular weight is 376 g/mol. The van der Waals surface area contributed by atoms with Crippen LogP contribution in [-0.2, 0) is 6.54 Å². The summed E-state index contributed by atoms with van der Waals surface area (Å²) in [5, 5.41) is 11.2. The van der Waals surface area contributed by atoms with Crippen LogP contribution in [-0.4, -0.2) is 40.7 Å². The van der Waals surface area contributed by atoms with Gasteiger partial charge in [0.2, 0.25) is 5.88 Å². The first kappa shape index (κ1) is 18.5. The summed E-state index contributed by atoms with van der Waals surface area (Å²) in [7, 11) is 3.39. The Hall–Kier alpha value is -2.28. The number of carbonyl (C=O) groups excluding carboxylic acids is 1. The van der Waals surface area contributed by atoms with Gasteiger partial charge in [-0.1, -0.05) is 36.7 Å². The van der Waals surface area contributed by atoms with E-state index < -0.39 is 0 Å². The molecule has 2 aromatic rings. The monoisotopic (exact) mass is 376 g/mol. The molecular weight excluding hydrogens is 352 g/mol. The number of hydrogen-bond acceptors (Lipinski definition) is 5. The number of thiazole rings is 1. The Labute approximate surface area is 156 Å². The first-order valence-corrected chi connectivity index (χ1v) is 9.70. The molecule has 1 amide bonds. The van der Waals surface area contributed by atoms with E-state index in [0.717, 1.165) is 42.6 Å². The zero-order chi connectivity index (χ0) is 18.7. The Kier molecular flexibility index (Phi) is 5.66. The second-order valence-electron chi connectivity index (χ2n) is 6.69. The van der Waals surface area contributed by atoms with Crippen molar-refractivity contribution in [2.75, 3.05) is 14.2 Å². The largest absolute Gasteiger partial charge is 0.496 e. The number of benzene rings is 1. The molecule has 1 aromatic carbocycles. The number of aromatic hydroxyl groups is 1. The lowest BCUT2D eigenvalue weighted by atomic mass is 9.94. The van der Waals surface area contributed by atoms with E-state index in [9.17, 15) is 14.7 Å². The maximum absolute atomic E-state index is 13.0. The van der Waals surface area contributed by atoms with Gasteiger partial charge in [0.05, 0.1) is 24.6 Å². The molecule has 0 spiro atoms. The third-order valence-electron chi connectivity index (χ3n) is 5.04. The van der Waals surface area contributed by atoms with Gasteiger partial charge in [0.25, 0.3) is 5.91 Å². The summed E-state index contributed by atoms with van der Waals surface area (Å²) in [6.07, 6.45) is 5.60. The predicted octanol–water partition coefficient (Wildman–Crippen LogP) is 3.08. The summed E-state index contributed by atoms with van der Waals surface area (Å²) >= 11 is 0.950. The zero-order valence-corrected chi connectivity index (χ0v) is 15.9. The van der Waals surface area contributed by atoms with Crippen molar-refractivity contribution in [3.8, 4) is 11.6 Å². The average Bonchev–Trinajstić information content (AvgIpc) is 2.99. The van der Waals surface area contributed by atoms with Crippen LogP contribution in [0.3, 0.4) is 0 Å². The summed E-state index contributed by atoms with van der Waals surface area (Å²) in [5.74, 6) is 0.379. The van der Waals surface area contributed by atoms with Gasteiger partial charge in [-0.05, 0) is 30.5 Å². The minimum atomic E-state index is -0.231. The van der Waals surface area contributed by atoms with Crippen LogP contribution in [0.5, 0.6) is 11.6 Å². The van der Waals surface area contributed by atoms with Crippen molar-refractivity contribution in [3.05, 3.63) is 44.4 Å². The molecule has 140 valence electrons. The molecule has 0 saturated heterocycles. The molecule has 0 unspecified atom stereocenters. The quantitative estimate of drug-likeness (QED) is 0.870. The third kappa shape index (κ3) is 3.77. The molecule has 0 aliphatic heterocycles. The van der Waals surface area contributed by atoms with Gasteiger partial charge in [-0.3, -0.25) is 14.2 Å². The fourth-order valence-electron chi connectivity index (χ4n) is 3.50. The molecule has 1 aliphatic carbocycles. The molecule has 0 bridgehead atoms. The van der Waals surface area contributed by atoms with Gasteiger partial charge < -0.3 is 14.7 Å². The lowest BCUT2D eigenvalue weighted by Gasteiger charge is -2.31. The summed E-state index contributed by atoms with van der Waals surface area (Å²) in [5.41, 5.74) is 1.25. The highest BCUT2D eigenvalue weighted by Gasteiger charge is 2.25. The van der Waals surface area contributed by atoms with Crippen molar-refractivity contribution >= 4 is 17.2 Å². The van der Waals surface area contributed by atoms with Gasteiger partial charge in [0.15, 0.2) is 0 Å². The van der Waals surface area contributed by atoms with Crippen molar-refractivity contribution in [2.24, 2.45) is 0 Å². The summed E-state index contributed by atoms with van der Waals surface area (Å²) in [6, 6.07) is 5.56. The fourth-order valence-corrected chi connectivity index (χ4v) is 4.12. The minimum Gasteiger partial charge on any atom is -0.496 e. The Bertz CT molecular complexity index is 836. The molecule has 1 aromatic heterocycles. The maximum Gasteiger partial charge on any atom is 0.310 e. The topological polar surface area (TPSA) is 71.8 Å². The zero-order valence-electron chi connectivity index (χ0n) is 15.1. The Morgan fingerprint density at radius 1 is 1.35 bits per heavy atom. The molecule has 1 saturated carbocycles. The number of ether oxygens (including phenoxy) is 1. The van der Waals surface area contributed by atoms with Gasteiger partial charge in [0.1, 0.15) is 5.75 Å². The smallest absolute Gasteiger partial charge is 0.310 e. The predicted molar refractivity (Wildman–Crippen MR) is 101 cm³/mol. The third-order valence-corrected chi connectivity index (χ3v) is 5.79. The highest BCUT2D eigenvalue weighted by Crippen LogP contribution is 2.27. The first-order valence-electron chi connectivity index (χ1n) is 8.82. The molecule has 6 nitrogen and oxygen atoms in total. The second kappa shape index (κ2) is 7.95. The van der Waals surface area contributed by atoms with Gasteiger partial charge in [0, 0.05) is 13.1 Å². The molecule has 1 aliphatic rings. The standard InChI is InChI=1S/C19H24N2O4S/c1-20(14-6-4-3-5-7-14)18(23)15-10-13(8-9-16(15)25-2)11-21-17(22)12-26-19(21)24/h8-10,12,14,22H,3-7,11H2,1-2H3. The van der Waals surface area contributed by atoms with Crippen molar-refractivity contribution in [3.63, 3.8) is 0 Å². The molecular formula is C19H24N2O4S. The summed E-state index contributed by atoms with van der Waals surface area (Å²) < 4.78 is 6.66. The van der Waals surface area contributed by atoms with Crippen LogP contribution >= 0.6 is 11.3 Å². The number of hydrogen-bond donors (Lipinski definition) is 1. The molecule has 1 N–H and O–H groups in total. The van der Waals surface area contributed by atoms with Gasteiger partial charge in [-0.15, -0.1) is 0 Å². The first-order chi connectivity index (χ1) is 12.5. The maximum atomic E-state index is 13.0. The number of rotatable bonds is 5. The van der Waals surface area contributed by atoms with E-state index in [4.69, 9.17) is 4.74 Å². The second-order valence-corrected chi connectivity index (χ2v) is 7.51. The molecule has 0 atom stereocenters. The lowest BCUT2D eigenvalue weighted by molar-refractivity contribution is 0.0693. The van der Waals surface area contributed by atoms with Crippen molar-refractivity contribution in [1.82, 2.24) is 9.47 Å². The number of amides is 1. The Balaban J connectivity index is 1.87. The van der Waals surface area contributed by atoms with Crippen LogP contribution in [0.4, 0.5) is 0 Å². The molecule has 7 heteroatoms. The number of carbonyl (C=O) groups is 1. The Morgan fingerprint density at radius 3 is 2.69 bits per heavy atom. The Morgan fingerprint density at radius 2 is 2.08 bits per heavy atom. The number of methoxy groups -OCH3 is 1. The summed E-state index contributed by atoms with van der Waals surface area (Å²) in [6.45, 7) is 0.214. The minimum absolute atomic E-state index is 0.0666. The van der Waals surface area contributed by atoms with E-state index in [1.807, 2.05) is 11.9 Å². The van der Waals surface area contributed by atoms with Crippen LogP contribution in [0.2, 0.25) is 0 Å². The van der Waals surface area contributed by atoms with Crippen LogP contribution < -0.4 is 9.61 Å². The van der Waals surface area contributed by atoms with Gasteiger partial charge in [-0.25, -0.2) is 0 Å².